The first-order chi connectivity index (χ1) is 10.0. The van der Waals surface area contributed by atoms with Gasteiger partial charge in [0.2, 0.25) is 0 Å². The van der Waals surface area contributed by atoms with Crippen LogP contribution in [0.25, 0.3) is 0 Å². The molecule has 0 unspecified atom stereocenters. The maximum Gasteiger partial charge on any atom is 0.340 e. The van der Waals surface area contributed by atoms with Crippen molar-refractivity contribution in [3.05, 3.63) is 38.4 Å². The Labute approximate surface area is 135 Å². The molecular formula is C14H13ClN2O2S2. The first-order valence-electron chi connectivity index (χ1n) is 6.53. The third-order valence-electron chi connectivity index (χ3n) is 3.21. The highest BCUT2D eigenvalue weighted by Crippen LogP contribution is 2.40. The van der Waals surface area contributed by atoms with Crippen molar-refractivity contribution in [3.8, 4) is 0 Å². The van der Waals surface area contributed by atoms with Crippen molar-refractivity contribution in [1.29, 1.82) is 0 Å². The van der Waals surface area contributed by atoms with E-state index in [2.05, 4.69) is 9.97 Å². The molecule has 0 spiro atoms. The molecule has 1 aliphatic rings. The van der Waals surface area contributed by atoms with Crippen molar-refractivity contribution in [2.24, 2.45) is 0 Å². The molecule has 0 amide bonds. The monoisotopic (exact) mass is 340 g/mol. The first kappa shape index (κ1) is 14.8. The van der Waals surface area contributed by atoms with Gasteiger partial charge < -0.3 is 5.11 Å². The van der Waals surface area contributed by atoms with Crippen molar-refractivity contribution < 1.29 is 9.90 Å². The number of halogens is 1. The number of thioether (sulfide) groups is 1. The van der Waals surface area contributed by atoms with Crippen LogP contribution in [0.5, 0.6) is 0 Å². The van der Waals surface area contributed by atoms with Crippen LogP contribution in [0.3, 0.4) is 0 Å². The summed E-state index contributed by atoms with van der Waals surface area (Å²) in [7, 11) is 0. The standard InChI is InChI=1S/C14H13ClN2O2S2/c1-7-11(14(18)19)13(17-12(16-7)8-2-3-8)20-6-9-4-5-10(15)21-9/h4-5,8H,2-3,6H2,1H3,(H,18,19). The second-order valence-corrected chi connectivity index (χ2v) is 7.68. The van der Waals surface area contributed by atoms with Gasteiger partial charge in [0.25, 0.3) is 0 Å². The molecule has 0 bridgehead atoms. The molecule has 0 atom stereocenters. The number of carboxylic acids is 1. The number of aryl methyl sites for hydroxylation is 1. The normalized spacial score (nSPS) is 14.4. The predicted octanol–water partition coefficient (Wildman–Crippen LogP) is 4.37. The third-order valence-corrected chi connectivity index (χ3v) is 5.65. The average Bonchev–Trinajstić information content (AvgIpc) is 3.18. The molecule has 1 saturated carbocycles. The molecule has 1 N–H and O–H groups in total. The molecule has 3 rings (SSSR count). The minimum Gasteiger partial charge on any atom is -0.478 e. The van der Waals surface area contributed by atoms with Gasteiger partial charge in [0.15, 0.2) is 0 Å². The van der Waals surface area contributed by atoms with Gasteiger partial charge in [-0.05, 0) is 31.9 Å². The van der Waals surface area contributed by atoms with E-state index in [0.717, 1.165) is 27.9 Å². The first-order valence-corrected chi connectivity index (χ1v) is 8.71. The minimum absolute atomic E-state index is 0.215. The van der Waals surface area contributed by atoms with E-state index in [1.807, 2.05) is 12.1 Å². The van der Waals surface area contributed by atoms with Gasteiger partial charge in [0, 0.05) is 16.5 Å². The number of carboxylic acid groups (broad SMARTS) is 1. The van der Waals surface area contributed by atoms with E-state index in [4.69, 9.17) is 11.6 Å². The van der Waals surface area contributed by atoms with Gasteiger partial charge in [-0.25, -0.2) is 14.8 Å². The smallest absolute Gasteiger partial charge is 0.340 e. The van der Waals surface area contributed by atoms with Crippen LogP contribution in [-0.4, -0.2) is 21.0 Å². The Kier molecular flexibility index (Phi) is 4.19. The minimum atomic E-state index is -0.971. The second-order valence-electron chi connectivity index (χ2n) is 4.92. The van der Waals surface area contributed by atoms with Crippen molar-refractivity contribution in [2.45, 2.75) is 36.5 Å². The van der Waals surface area contributed by atoms with E-state index >= 15 is 0 Å². The van der Waals surface area contributed by atoms with Crippen LogP contribution >= 0.6 is 34.7 Å². The van der Waals surface area contributed by atoms with Gasteiger partial charge in [0.05, 0.1) is 10.0 Å². The Morgan fingerprint density at radius 3 is 2.81 bits per heavy atom. The summed E-state index contributed by atoms with van der Waals surface area (Å²) in [4.78, 5) is 21.4. The van der Waals surface area contributed by atoms with Crippen molar-refractivity contribution >= 4 is 40.7 Å². The molecular weight excluding hydrogens is 328 g/mol. The Bertz CT molecular complexity index is 698. The molecule has 1 aliphatic carbocycles. The lowest BCUT2D eigenvalue weighted by atomic mass is 10.2. The third kappa shape index (κ3) is 3.39. The fourth-order valence-corrected chi connectivity index (χ4v) is 4.22. The summed E-state index contributed by atoms with van der Waals surface area (Å²) in [6, 6.07) is 3.80. The number of nitrogens with zero attached hydrogens (tertiary/aromatic N) is 2. The van der Waals surface area contributed by atoms with Crippen molar-refractivity contribution in [1.82, 2.24) is 9.97 Å². The molecule has 2 heterocycles. The lowest BCUT2D eigenvalue weighted by Crippen LogP contribution is -2.09. The molecule has 0 aliphatic heterocycles. The van der Waals surface area contributed by atoms with E-state index < -0.39 is 5.97 Å². The van der Waals surface area contributed by atoms with Crippen LogP contribution in [0.15, 0.2) is 17.2 Å². The van der Waals surface area contributed by atoms with Crippen LogP contribution in [-0.2, 0) is 5.75 Å². The topological polar surface area (TPSA) is 63.1 Å². The van der Waals surface area contributed by atoms with E-state index in [1.165, 1.54) is 23.1 Å². The Morgan fingerprint density at radius 1 is 1.48 bits per heavy atom. The predicted molar refractivity (Wildman–Crippen MR) is 84.6 cm³/mol. The quantitative estimate of drug-likeness (QED) is 0.647. The zero-order valence-corrected chi connectivity index (χ0v) is 13.7. The number of aromatic carboxylic acids is 1. The number of thiophene rings is 1. The van der Waals surface area contributed by atoms with Crippen LogP contribution in [0.4, 0.5) is 0 Å². The fourth-order valence-electron chi connectivity index (χ4n) is 2.01. The Balaban J connectivity index is 1.88. The number of hydrogen-bond acceptors (Lipinski definition) is 5. The largest absolute Gasteiger partial charge is 0.478 e. The fraction of sp³-hybridized carbons (Fsp3) is 0.357. The molecule has 1 fully saturated rings. The Morgan fingerprint density at radius 2 is 2.24 bits per heavy atom. The lowest BCUT2D eigenvalue weighted by Gasteiger charge is -2.09. The van der Waals surface area contributed by atoms with Gasteiger partial charge in [0.1, 0.15) is 16.4 Å². The molecule has 0 radical (unpaired) electrons. The van der Waals surface area contributed by atoms with Gasteiger partial charge >= 0.3 is 5.97 Å². The highest BCUT2D eigenvalue weighted by molar-refractivity contribution is 7.98. The van der Waals surface area contributed by atoms with E-state index in [-0.39, 0.29) is 5.56 Å². The van der Waals surface area contributed by atoms with Crippen LogP contribution in [0.2, 0.25) is 4.34 Å². The molecule has 4 nitrogen and oxygen atoms in total. The second kappa shape index (κ2) is 5.94. The van der Waals surface area contributed by atoms with Crippen molar-refractivity contribution in [2.75, 3.05) is 0 Å². The number of hydrogen-bond donors (Lipinski definition) is 1. The highest BCUT2D eigenvalue weighted by atomic mass is 35.5. The summed E-state index contributed by atoms with van der Waals surface area (Å²) in [5, 5.41) is 9.94. The zero-order valence-electron chi connectivity index (χ0n) is 11.3. The van der Waals surface area contributed by atoms with E-state index in [1.54, 1.807) is 6.92 Å². The summed E-state index contributed by atoms with van der Waals surface area (Å²) in [5.74, 6) is 0.881. The van der Waals surface area contributed by atoms with Gasteiger partial charge in [-0.3, -0.25) is 0 Å². The molecule has 2 aromatic heterocycles. The van der Waals surface area contributed by atoms with Gasteiger partial charge in [-0.1, -0.05) is 23.4 Å². The van der Waals surface area contributed by atoms with Crippen LogP contribution < -0.4 is 0 Å². The Hall–Kier alpha value is -1.11. The lowest BCUT2D eigenvalue weighted by molar-refractivity contribution is 0.0690. The summed E-state index contributed by atoms with van der Waals surface area (Å²) in [6.07, 6.45) is 2.19. The SMILES string of the molecule is Cc1nc(C2CC2)nc(SCc2ccc(Cl)s2)c1C(=O)O. The molecule has 21 heavy (non-hydrogen) atoms. The maximum atomic E-state index is 11.4. The molecule has 0 aromatic carbocycles. The summed E-state index contributed by atoms with van der Waals surface area (Å²) >= 11 is 8.85. The zero-order chi connectivity index (χ0) is 15.0. The van der Waals surface area contributed by atoms with E-state index in [9.17, 15) is 9.90 Å². The van der Waals surface area contributed by atoms with E-state index in [0.29, 0.717) is 22.4 Å². The van der Waals surface area contributed by atoms with Crippen LogP contribution in [0.1, 0.15) is 45.5 Å². The summed E-state index contributed by atoms with van der Waals surface area (Å²) < 4.78 is 0.738. The maximum absolute atomic E-state index is 11.4. The number of rotatable bonds is 5. The summed E-state index contributed by atoms with van der Waals surface area (Å²) in [5.41, 5.74) is 0.762. The van der Waals surface area contributed by atoms with Gasteiger partial charge in [-0.15, -0.1) is 11.3 Å². The molecule has 110 valence electrons. The summed E-state index contributed by atoms with van der Waals surface area (Å²) in [6.45, 7) is 1.74. The van der Waals surface area contributed by atoms with Gasteiger partial charge in [-0.2, -0.15) is 0 Å². The molecule has 7 heteroatoms. The molecule has 2 aromatic rings. The van der Waals surface area contributed by atoms with Crippen LogP contribution in [0, 0.1) is 6.92 Å². The number of carbonyl (C=O) groups is 1. The highest BCUT2D eigenvalue weighted by Gasteiger charge is 2.29. The van der Waals surface area contributed by atoms with Crippen molar-refractivity contribution in [3.63, 3.8) is 0 Å². The average molecular weight is 341 g/mol. The molecule has 0 saturated heterocycles. The number of aromatic nitrogens is 2.